The normalized spacial score (nSPS) is 12.2. The molecule has 3 aromatic heterocycles. The van der Waals surface area contributed by atoms with E-state index in [0.29, 0.717) is 0 Å². The molecule has 0 fully saturated rings. The van der Waals surface area contributed by atoms with Crippen LogP contribution in [0.4, 0.5) is 11.5 Å². The predicted octanol–water partition coefficient (Wildman–Crippen LogP) is 4.91. The number of nitrogens with zero attached hydrogens (tertiary/aromatic N) is 4. The Morgan fingerprint density at radius 1 is 1.09 bits per heavy atom. The highest BCUT2D eigenvalue weighted by atomic mass is 35.5. The van der Waals surface area contributed by atoms with Crippen molar-refractivity contribution in [3.05, 3.63) is 83.0 Å². The third-order valence-corrected chi connectivity index (χ3v) is 6.41. The minimum Gasteiger partial charge on any atom is -0.338 e. The zero-order valence-electron chi connectivity index (χ0n) is 19.5. The number of pyridine rings is 1. The molecule has 34 heavy (non-hydrogen) atoms. The highest BCUT2D eigenvalue weighted by Gasteiger charge is 2.11. The van der Waals surface area contributed by atoms with Crippen LogP contribution in [0.5, 0.6) is 0 Å². The topological polar surface area (TPSA) is 93.2 Å². The monoisotopic (exact) mass is 477 g/mol. The lowest BCUT2D eigenvalue weighted by Gasteiger charge is -2.12. The number of fused-ring (bicyclic) bond motifs is 1. The van der Waals surface area contributed by atoms with E-state index in [2.05, 4.69) is 44.8 Å². The van der Waals surface area contributed by atoms with Crippen LogP contribution >= 0.6 is 11.6 Å². The fourth-order valence-electron chi connectivity index (χ4n) is 3.96. The molecule has 0 aliphatic carbocycles. The standard InChI is InChI=1S/C26H32ClN7/c1-2-22(28)4-3-12-30-17-21-11-15-34-25(21)26(31-18-32-34)33-23-8-7-20(24(27)16-23)6-5-19-9-13-29-14-10-19/h7-11,13-16,18,22,30H,2-6,12,17,28H2,1H3,(H,31,32,33). The molecule has 0 aliphatic heterocycles. The number of rotatable bonds is 12. The van der Waals surface area contributed by atoms with E-state index in [0.717, 1.165) is 78.4 Å². The lowest BCUT2D eigenvalue weighted by atomic mass is 10.0. The summed E-state index contributed by atoms with van der Waals surface area (Å²) in [5.41, 5.74) is 11.4. The maximum atomic E-state index is 6.61. The van der Waals surface area contributed by atoms with Crippen molar-refractivity contribution in [2.75, 3.05) is 11.9 Å². The summed E-state index contributed by atoms with van der Waals surface area (Å²) in [5.74, 6) is 0.755. The van der Waals surface area contributed by atoms with Crippen LogP contribution < -0.4 is 16.4 Å². The van der Waals surface area contributed by atoms with Gasteiger partial charge in [0.25, 0.3) is 0 Å². The molecule has 0 bridgehead atoms. The van der Waals surface area contributed by atoms with Gasteiger partial charge in [-0.15, -0.1) is 0 Å². The Kier molecular flexibility index (Phi) is 8.46. The van der Waals surface area contributed by atoms with E-state index in [9.17, 15) is 0 Å². The summed E-state index contributed by atoms with van der Waals surface area (Å²) in [6, 6.07) is 12.5. The van der Waals surface area contributed by atoms with Crippen molar-refractivity contribution in [3.8, 4) is 0 Å². The average molecular weight is 478 g/mol. The van der Waals surface area contributed by atoms with Crippen molar-refractivity contribution in [1.82, 2.24) is 24.9 Å². The lowest BCUT2D eigenvalue weighted by molar-refractivity contribution is 0.540. The zero-order chi connectivity index (χ0) is 23.8. The number of hydrogen-bond acceptors (Lipinski definition) is 6. The number of benzene rings is 1. The molecule has 4 rings (SSSR count). The molecule has 0 spiro atoms. The zero-order valence-corrected chi connectivity index (χ0v) is 20.3. The van der Waals surface area contributed by atoms with Crippen LogP contribution in [0.2, 0.25) is 5.02 Å². The summed E-state index contributed by atoms with van der Waals surface area (Å²) >= 11 is 6.61. The van der Waals surface area contributed by atoms with Gasteiger partial charge in [0, 0.05) is 41.9 Å². The van der Waals surface area contributed by atoms with Crippen LogP contribution in [0.15, 0.2) is 61.3 Å². The summed E-state index contributed by atoms with van der Waals surface area (Å²) in [6.45, 7) is 3.80. The summed E-state index contributed by atoms with van der Waals surface area (Å²) in [5, 5.41) is 12.0. The van der Waals surface area contributed by atoms with Crippen LogP contribution in [0.3, 0.4) is 0 Å². The smallest absolute Gasteiger partial charge is 0.158 e. The molecule has 4 N–H and O–H groups in total. The van der Waals surface area contributed by atoms with E-state index < -0.39 is 0 Å². The second-order valence-electron chi connectivity index (χ2n) is 8.52. The number of aryl methyl sites for hydroxylation is 2. The highest BCUT2D eigenvalue weighted by molar-refractivity contribution is 6.31. The molecule has 0 aliphatic rings. The number of hydrogen-bond donors (Lipinski definition) is 3. The maximum absolute atomic E-state index is 6.61. The minimum absolute atomic E-state index is 0.287. The van der Waals surface area contributed by atoms with Gasteiger partial charge in [-0.1, -0.05) is 24.6 Å². The van der Waals surface area contributed by atoms with Crippen molar-refractivity contribution >= 4 is 28.6 Å². The molecule has 0 saturated carbocycles. The average Bonchev–Trinajstić information content (AvgIpc) is 3.28. The molecule has 0 amide bonds. The van der Waals surface area contributed by atoms with Crippen LogP contribution in [-0.4, -0.2) is 32.2 Å². The number of anilines is 2. The SMILES string of the molecule is CCC(N)CCCNCc1ccn2ncnc(Nc3ccc(CCc4ccncc4)c(Cl)c3)c12. The van der Waals surface area contributed by atoms with Crippen LogP contribution in [0.25, 0.3) is 5.52 Å². The Morgan fingerprint density at radius 2 is 1.94 bits per heavy atom. The highest BCUT2D eigenvalue weighted by Crippen LogP contribution is 2.27. The first-order valence-electron chi connectivity index (χ1n) is 11.9. The lowest BCUT2D eigenvalue weighted by Crippen LogP contribution is -2.21. The van der Waals surface area contributed by atoms with Gasteiger partial charge in [0.1, 0.15) is 11.8 Å². The second-order valence-corrected chi connectivity index (χ2v) is 8.92. The first kappa shape index (κ1) is 24.1. The molecule has 4 aromatic rings. The summed E-state index contributed by atoms with van der Waals surface area (Å²) < 4.78 is 1.85. The van der Waals surface area contributed by atoms with Gasteiger partial charge in [0.05, 0.1) is 0 Å². The van der Waals surface area contributed by atoms with Crippen molar-refractivity contribution in [2.45, 2.75) is 51.6 Å². The number of nitrogens with one attached hydrogen (secondary N) is 2. The molecule has 3 heterocycles. The third-order valence-electron chi connectivity index (χ3n) is 6.05. The summed E-state index contributed by atoms with van der Waals surface area (Å²) in [7, 11) is 0. The Morgan fingerprint density at radius 3 is 2.74 bits per heavy atom. The van der Waals surface area contributed by atoms with Crippen molar-refractivity contribution in [3.63, 3.8) is 0 Å². The second kappa shape index (κ2) is 11.9. The maximum Gasteiger partial charge on any atom is 0.158 e. The van der Waals surface area contributed by atoms with Gasteiger partial charge in [0.2, 0.25) is 0 Å². The number of halogens is 1. The fourth-order valence-corrected chi connectivity index (χ4v) is 4.24. The van der Waals surface area contributed by atoms with E-state index in [1.165, 1.54) is 5.56 Å². The Labute approximate surface area is 205 Å². The van der Waals surface area contributed by atoms with E-state index in [1.807, 2.05) is 47.4 Å². The van der Waals surface area contributed by atoms with Gasteiger partial charge >= 0.3 is 0 Å². The Hall–Kier alpha value is -3.00. The van der Waals surface area contributed by atoms with Crippen LogP contribution in [-0.2, 0) is 19.4 Å². The summed E-state index contributed by atoms with van der Waals surface area (Å²) in [4.78, 5) is 8.58. The van der Waals surface area contributed by atoms with Crippen LogP contribution in [0.1, 0.15) is 42.9 Å². The first-order valence-corrected chi connectivity index (χ1v) is 12.2. The molecule has 178 valence electrons. The Bertz CT molecular complexity index is 1190. The largest absolute Gasteiger partial charge is 0.338 e. The molecule has 0 saturated heterocycles. The number of aromatic nitrogens is 4. The molecule has 1 atom stereocenters. The van der Waals surface area contributed by atoms with Gasteiger partial charge in [-0.05, 0) is 85.7 Å². The molecular weight excluding hydrogens is 446 g/mol. The molecule has 1 aromatic carbocycles. The van der Waals surface area contributed by atoms with Gasteiger partial charge in [-0.25, -0.2) is 9.50 Å². The van der Waals surface area contributed by atoms with E-state index >= 15 is 0 Å². The van der Waals surface area contributed by atoms with Gasteiger partial charge < -0.3 is 16.4 Å². The van der Waals surface area contributed by atoms with Gasteiger partial charge in [-0.3, -0.25) is 4.98 Å². The van der Waals surface area contributed by atoms with Gasteiger partial charge in [0.15, 0.2) is 5.82 Å². The van der Waals surface area contributed by atoms with Crippen molar-refractivity contribution < 1.29 is 0 Å². The van der Waals surface area contributed by atoms with E-state index in [1.54, 1.807) is 6.33 Å². The van der Waals surface area contributed by atoms with Gasteiger partial charge in [-0.2, -0.15) is 5.10 Å². The Balaban J connectivity index is 1.41. The quantitative estimate of drug-likeness (QED) is 0.251. The molecule has 0 radical (unpaired) electrons. The fraction of sp³-hybridized carbons (Fsp3) is 0.346. The third kappa shape index (κ3) is 6.32. The van der Waals surface area contributed by atoms with Crippen molar-refractivity contribution in [1.29, 1.82) is 0 Å². The van der Waals surface area contributed by atoms with E-state index in [-0.39, 0.29) is 6.04 Å². The van der Waals surface area contributed by atoms with Crippen LogP contribution in [0, 0.1) is 0 Å². The predicted molar refractivity (Wildman–Crippen MR) is 139 cm³/mol. The molecule has 7 nitrogen and oxygen atoms in total. The molecular formula is C26H32ClN7. The molecule has 8 heteroatoms. The molecule has 1 unspecified atom stereocenters. The number of nitrogens with two attached hydrogens (primary N) is 1. The minimum atomic E-state index is 0.287. The first-order chi connectivity index (χ1) is 16.6. The summed E-state index contributed by atoms with van der Waals surface area (Å²) in [6.07, 6.45) is 12.1. The van der Waals surface area contributed by atoms with Crippen molar-refractivity contribution in [2.24, 2.45) is 5.73 Å². The van der Waals surface area contributed by atoms with E-state index in [4.69, 9.17) is 17.3 Å².